The van der Waals surface area contributed by atoms with Crippen molar-refractivity contribution in [1.82, 2.24) is 0 Å². The fourth-order valence-corrected chi connectivity index (χ4v) is 27.4. The van der Waals surface area contributed by atoms with Gasteiger partial charge in [-0.15, -0.1) is 39.3 Å². The second-order valence-electron chi connectivity index (χ2n) is 16.8. The van der Waals surface area contributed by atoms with Crippen molar-refractivity contribution in [3.05, 3.63) is 0 Å². The van der Waals surface area contributed by atoms with Crippen molar-refractivity contribution in [2.24, 2.45) is 0 Å². The molecule has 8 rings (SSSR count). The van der Waals surface area contributed by atoms with Gasteiger partial charge in [0.1, 0.15) is 13.2 Å². The molecule has 0 saturated carbocycles. The molecule has 602 valence electrons. The highest BCUT2D eigenvalue weighted by molar-refractivity contribution is 8.15. The minimum absolute atomic E-state index is 0.865. The zero-order valence-electron chi connectivity index (χ0n) is 45.9. The first-order chi connectivity index (χ1) is 43.6. The molecular formula is C19H24F10O53S19. The molecule has 0 unspecified atom stereocenters. The van der Waals surface area contributed by atoms with Crippen LogP contribution in [0.15, 0.2) is 0 Å². The highest BCUT2D eigenvalue weighted by Gasteiger charge is 2.68. The zero-order chi connectivity index (χ0) is 80.9. The van der Waals surface area contributed by atoms with Crippen molar-refractivity contribution in [2.45, 2.75) is 63.5 Å². The quantitative estimate of drug-likeness (QED) is 0.161. The van der Waals surface area contributed by atoms with E-state index >= 15 is 0 Å². The van der Waals surface area contributed by atoms with Gasteiger partial charge in [0.15, 0.2) is 0 Å². The van der Waals surface area contributed by atoms with Crippen molar-refractivity contribution in [3.8, 4) is 0 Å². The molecule has 0 aromatic heterocycles. The molecule has 0 aromatic rings. The lowest BCUT2D eigenvalue weighted by atomic mass is 10.4. The lowest BCUT2D eigenvalue weighted by molar-refractivity contribution is -0.307. The Morgan fingerprint density at radius 2 is 0.475 bits per heavy atom. The fourth-order valence-electron chi connectivity index (χ4n) is 3.85. The Bertz CT molecular complexity index is 4570. The van der Waals surface area contributed by atoms with Gasteiger partial charge in [0.05, 0.1) is 0 Å². The number of hydrogen-bond acceptors (Lipinski definition) is 53. The van der Waals surface area contributed by atoms with Gasteiger partial charge < -0.3 is 16.7 Å². The maximum absolute atomic E-state index is 12.6. The predicted molar refractivity (Wildman–Crippen MR) is 277 cm³/mol. The number of alkyl halides is 10. The summed E-state index contributed by atoms with van der Waals surface area (Å²) in [7, 11) is -77.6. The maximum atomic E-state index is 12.6. The van der Waals surface area contributed by atoms with Crippen LogP contribution in [-0.2, 0) is 260 Å². The van der Waals surface area contributed by atoms with Gasteiger partial charge in [0.25, 0.3) is 86.9 Å². The first-order valence-electron chi connectivity index (χ1n) is 20.7. The first kappa shape index (κ1) is 96.0. The molecule has 82 heteroatoms. The number of carbonyl (C=O) groups is 2. The van der Waals surface area contributed by atoms with Crippen molar-refractivity contribution < 1.29 is 264 Å². The fraction of sp³-hybridized carbons (Fsp3) is 0.895. The van der Waals surface area contributed by atoms with E-state index in [9.17, 15) is 201 Å². The van der Waals surface area contributed by atoms with Gasteiger partial charge in [-0.2, -0.15) is 182 Å². The van der Waals surface area contributed by atoms with Crippen LogP contribution in [-0.4, -0.2) is 229 Å². The van der Waals surface area contributed by atoms with Crippen LogP contribution in [0.4, 0.5) is 53.5 Å². The Morgan fingerprint density at radius 1 is 0.277 bits per heavy atom. The second kappa shape index (κ2) is 30.2. The Kier molecular flexibility index (Phi) is 28.7. The molecule has 53 nitrogen and oxygen atoms in total. The van der Waals surface area contributed by atoms with Gasteiger partial charge in [-0.3, -0.25) is 8.37 Å². The standard InChI is InChI=1S/C4H6F2O6S2.C4H6O7S2.C3H6O7S3.C2F2O7S2.2C2H2F2O6S2.CF2O7S3.CH2O7S3/c5-4(6)1-11-13(7,8)3-14(9,10)12-2-4;1-4(2)12(6,7)10-3(5)11-13(4,8)9;1-3(2)12(5,6)9-11(4)10-13(3,7)8;3-2(4)12(6,7)10-1(5)11-13(2,8)9;2*3-2(4)9-11(5,6)1-12(7,8)10-2;2-1(3)12(5,6)9-11(4)10-13(1,7)8;2-9-7-10(3,4)1-11(5,6)8-9/h1-3H2;2*1-2H3;;2*1H2;;1H2. The highest BCUT2D eigenvalue weighted by atomic mass is 32.4. The van der Waals surface area contributed by atoms with E-state index in [1.54, 1.807) is 0 Å². The van der Waals surface area contributed by atoms with Gasteiger partial charge in [0, 0.05) is 0 Å². The summed E-state index contributed by atoms with van der Waals surface area (Å²) in [4.78, 5) is 20.4. The molecular weight excluding hydrogens is 1880 g/mol. The molecule has 0 aliphatic carbocycles. The molecule has 0 amide bonds. The van der Waals surface area contributed by atoms with Crippen LogP contribution in [0.1, 0.15) is 27.7 Å². The molecule has 0 atom stereocenters. The molecule has 0 bridgehead atoms. The average molecular weight is 1900 g/mol. The Labute approximate surface area is 565 Å². The minimum Gasteiger partial charge on any atom is -0.310 e. The summed E-state index contributed by atoms with van der Waals surface area (Å²) in [5, 5.41) is -5.95. The second-order valence-corrected chi connectivity index (χ2v) is 50.2. The van der Waals surface area contributed by atoms with Crippen LogP contribution in [0.3, 0.4) is 0 Å². The number of rotatable bonds is 0. The Morgan fingerprint density at radius 3 is 0.723 bits per heavy atom. The van der Waals surface area contributed by atoms with Crippen LogP contribution < -0.4 is 0 Å². The molecule has 0 radical (unpaired) electrons. The number of halogens is 10. The summed E-state index contributed by atoms with van der Waals surface area (Å²) in [5.41, 5.74) is 0. The van der Waals surface area contributed by atoms with E-state index in [1.165, 1.54) is 0 Å². The summed E-state index contributed by atoms with van der Waals surface area (Å²) in [6.07, 6.45) is -13.2. The molecule has 8 aliphatic heterocycles. The summed E-state index contributed by atoms with van der Waals surface area (Å²) >= 11 is -8.84. The minimum atomic E-state index is -5.81. The van der Waals surface area contributed by atoms with E-state index in [1.807, 2.05) is 0 Å². The highest BCUT2D eigenvalue weighted by Crippen LogP contribution is 2.39. The molecule has 8 aliphatic rings. The molecule has 101 heavy (non-hydrogen) atoms. The molecule has 0 spiro atoms. The van der Waals surface area contributed by atoms with E-state index in [0.29, 0.717) is 0 Å². The largest absolute Gasteiger partial charge is 0.540 e. The van der Waals surface area contributed by atoms with Gasteiger partial charge >= 0.3 is 149 Å². The van der Waals surface area contributed by atoms with Gasteiger partial charge in [0.2, 0.25) is 28.5 Å². The lowest BCUT2D eigenvalue weighted by Crippen LogP contribution is -2.48. The molecule has 0 aromatic carbocycles. The topological polar surface area (TPSA) is 779 Å². The van der Waals surface area contributed by atoms with E-state index in [0.717, 1.165) is 27.7 Å². The normalized spacial score (nSPS) is 30.2. The van der Waals surface area contributed by atoms with Crippen molar-refractivity contribution in [2.75, 3.05) is 33.6 Å². The first-order valence-corrected chi connectivity index (χ1v) is 47.5. The smallest absolute Gasteiger partial charge is 0.310 e. The number of carbonyl (C=O) groups excluding carboxylic acids is 2. The van der Waals surface area contributed by atoms with Crippen molar-refractivity contribution in [3.63, 3.8) is 0 Å². The summed E-state index contributed by atoms with van der Waals surface area (Å²) in [5.74, 6) is -3.64. The van der Waals surface area contributed by atoms with Gasteiger partial charge in [-0.1, -0.05) is 0 Å². The van der Waals surface area contributed by atoms with E-state index in [-0.39, 0.29) is 0 Å². The van der Waals surface area contributed by atoms with Gasteiger partial charge in [-0.05, 0) is 27.7 Å². The summed E-state index contributed by atoms with van der Waals surface area (Å²) < 4.78 is 531. The third-order valence-corrected chi connectivity index (χ3v) is 40.8. The van der Waals surface area contributed by atoms with Crippen LogP contribution >= 0.6 is 0 Å². The predicted octanol–water partition coefficient (Wildman–Crippen LogP) is -7.34. The Hall–Kier alpha value is -2.99. The molecule has 8 saturated heterocycles. The summed E-state index contributed by atoms with van der Waals surface area (Å²) in [6, 6.07) is 0. The molecule has 0 N–H and O–H groups in total. The van der Waals surface area contributed by atoms with Crippen LogP contribution in [0, 0.1) is 0 Å². The molecule has 8 fully saturated rings. The van der Waals surface area contributed by atoms with Crippen LogP contribution in [0.2, 0.25) is 0 Å². The van der Waals surface area contributed by atoms with Crippen molar-refractivity contribution in [1.29, 1.82) is 0 Å². The zero-order valence-corrected chi connectivity index (χ0v) is 61.4. The van der Waals surface area contributed by atoms with E-state index < -0.39 is 278 Å². The van der Waals surface area contributed by atoms with Crippen LogP contribution in [0.25, 0.3) is 0 Å². The van der Waals surface area contributed by atoms with E-state index in [2.05, 4.69) is 63.6 Å². The third kappa shape index (κ3) is 26.7. The Balaban J connectivity index is 0.000000578. The third-order valence-electron chi connectivity index (χ3n) is 8.13. The van der Waals surface area contributed by atoms with E-state index in [4.69, 9.17) is 0 Å². The van der Waals surface area contributed by atoms with Gasteiger partial charge in [-0.25, -0.2) is 18.4 Å². The maximum Gasteiger partial charge on any atom is 0.540 e. The molecule has 8 heterocycles. The summed E-state index contributed by atoms with van der Waals surface area (Å²) in [6.45, 7) is 0.673. The van der Waals surface area contributed by atoms with Crippen molar-refractivity contribution >= 4 is 208 Å². The number of hydrogen-bond donors (Lipinski definition) is 0. The monoisotopic (exact) mass is 1900 g/mol. The SMILES string of the molecule is CC1(C)S(=O)(=O)OC(=O)OS1(=O)=O.CC1(C)S(=O)(=O)OS(=O)OS1(=O)=O.O=C1OS(=O)(=O)C(F)(F)S(=O)(=O)O1.O=S1(=O)CS(=O)(=O)OC(F)(F)O1.O=S1(=O)CS(=O)(=O)OC(F)(F)O1.O=S1(=O)CS(=O)(=O)OCC(F)(F)CO1.O=S1OS(=O)(=O)C(F)(F)S(=O)(=O)O1.O=S1OS(=O)(=O)CS(=O)(=O)O1. The van der Waals surface area contributed by atoms with Crippen LogP contribution in [0.5, 0.6) is 0 Å². The lowest BCUT2D eigenvalue weighted by Gasteiger charge is -2.25. The average Bonchev–Trinajstić information content (AvgIpc) is 0.760.